The summed E-state index contributed by atoms with van der Waals surface area (Å²) < 4.78 is 65.1. The summed E-state index contributed by atoms with van der Waals surface area (Å²) in [5.74, 6) is 0. The zero-order chi connectivity index (χ0) is 14.4. The molecule has 0 atom stereocenters. The molecule has 2 N–H and O–H groups in total. The number of nitrogens with two attached hydrogens (primary N) is 1. The topological polar surface area (TPSA) is 90.4 Å². The van der Waals surface area contributed by atoms with Crippen LogP contribution in [-0.2, 0) is 16.2 Å². The number of rotatable bonds is 1. The second kappa shape index (κ2) is 4.07. The normalized spacial score (nSPS) is 12.8. The van der Waals surface area contributed by atoms with Gasteiger partial charge in [-0.15, -0.1) is 0 Å². The zero-order valence-electron chi connectivity index (χ0n) is 9.06. The van der Waals surface area contributed by atoms with Gasteiger partial charge in [-0.1, -0.05) is 0 Å². The minimum Gasteiger partial charge on any atom is -0.423 e. The van der Waals surface area contributed by atoms with Crippen LogP contribution in [0.5, 0.6) is 0 Å². The Balaban J connectivity index is 2.92. The highest BCUT2D eigenvalue weighted by Gasteiger charge is 2.34. The Morgan fingerprint density at radius 3 is 2.32 bits per heavy atom. The van der Waals surface area contributed by atoms with Gasteiger partial charge in [-0.25, -0.2) is 18.4 Å². The van der Waals surface area contributed by atoms with E-state index in [1.54, 1.807) is 0 Å². The summed E-state index contributed by atoms with van der Waals surface area (Å²) in [4.78, 5) is 10.5. The average molecular weight is 293 g/mol. The van der Waals surface area contributed by atoms with Gasteiger partial charge in [0.25, 0.3) is 0 Å². The van der Waals surface area contributed by atoms with Gasteiger partial charge in [0.2, 0.25) is 10.0 Å². The molecule has 19 heavy (non-hydrogen) atoms. The number of hydrogen-bond donors (Lipinski definition) is 1. The molecule has 0 amide bonds. The van der Waals surface area contributed by atoms with Gasteiger partial charge in [0, 0.05) is 11.5 Å². The third kappa shape index (κ3) is 2.61. The predicted octanol–water partition coefficient (Wildman–Crippen LogP) is 1.46. The zero-order valence-corrected chi connectivity index (χ0v) is 9.88. The molecule has 0 saturated carbocycles. The summed E-state index contributed by atoms with van der Waals surface area (Å²) in [6.07, 6.45) is -4.81. The van der Waals surface area contributed by atoms with Crippen LogP contribution >= 0.6 is 0 Å². The number of hydrogen-bond acceptors (Lipinski definition) is 4. The molecule has 1 aromatic carbocycles. The van der Waals surface area contributed by atoms with E-state index in [-0.39, 0.29) is 11.6 Å². The highest BCUT2D eigenvalue weighted by molar-refractivity contribution is 7.89. The van der Waals surface area contributed by atoms with E-state index in [1.165, 1.54) is 0 Å². The number of primary sulfonamides is 1. The third-order valence-electron chi connectivity index (χ3n) is 2.35. The monoisotopic (exact) mass is 293 g/mol. The molecule has 0 fully saturated rings. The SMILES string of the molecule is NS(=O)(=O)c1ccc2oc(=O)cc(C(F)(F)F)c2c1. The van der Waals surface area contributed by atoms with E-state index in [9.17, 15) is 26.4 Å². The van der Waals surface area contributed by atoms with Crippen LogP contribution in [0.1, 0.15) is 5.56 Å². The van der Waals surface area contributed by atoms with E-state index in [4.69, 9.17) is 5.14 Å². The van der Waals surface area contributed by atoms with Crippen molar-refractivity contribution in [1.29, 1.82) is 0 Å². The summed E-state index contributed by atoms with van der Waals surface area (Å²) in [7, 11) is -4.15. The lowest BCUT2D eigenvalue weighted by Crippen LogP contribution is -2.14. The van der Waals surface area contributed by atoms with Crippen molar-refractivity contribution in [3.05, 3.63) is 40.2 Å². The Labute approximate surface area is 104 Å². The highest BCUT2D eigenvalue weighted by Crippen LogP contribution is 2.34. The lowest BCUT2D eigenvalue weighted by Gasteiger charge is -2.09. The van der Waals surface area contributed by atoms with Crippen LogP contribution in [0.15, 0.2) is 38.4 Å². The van der Waals surface area contributed by atoms with Gasteiger partial charge in [0.1, 0.15) is 5.58 Å². The fourth-order valence-electron chi connectivity index (χ4n) is 1.55. The van der Waals surface area contributed by atoms with Crippen LogP contribution in [0.2, 0.25) is 0 Å². The van der Waals surface area contributed by atoms with Crippen LogP contribution in [0.3, 0.4) is 0 Å². The summed E-state index contributed by atoms with van der Waals surface area (Å²) in [5, 5.41) is 4.29. The number of benzene rings is 1. The van der Waals surface area contributed by atoms with Gasteiger partial charge >= 0.3 is 11.8 Å². The summed E-state index contributed by atoms with van der Waals surface area (Å²) in [6, 6.07) is 2.89. The molecule has 2 rings (SSSR count). The molecule has 102 valence electrons. The minimum atomic E-state index is -4.81. The minimum absolute atomic E-state index is 0.259. The Kier molecular flexibility index (Phi) is 2.90. The molecule has 1 aromatic heterocycles. The smallest absolute Gasteiger partial charge is 0.417 e. The van der Waals surface area contributed by atoms with Crippen LogP contribution in [-0.4, -0.2) is 8.42 Å². The van der Waals surface area contributed by atoms with Crippen molar-refractivity contribution >= 4 is 21.0 Å². The Hall–Kier alpha value is -1.87. The first kappa shape index (κ1) is 13.6. The van der Waals surface area contributed by atoms with Gasteiger partial charge in [-0.2, -0.15) is 13.2 Å². The molecular weight excluding hydrogens is 287 g/mol. The maximum absolute atomic E-state index is 12.8. The quantitative estimate of drug-likeness (QED) is 0.806. The largest absolute Gasteiger partial charge is 0.423 e. The molecular formula is C10H6F3NO4S. The van der Waals surface area contributed by atoms with Crippen molar-refractivity contribution in [2.45, 2.75) is 11.1 Å². The van der Waals surface area contributed by atoms with Gasteiger partial charge in [0.05, 0.1) is 10.5 Å². The molecule has 0 spiro atoms. The molecule has 9 heteroatoms. The molecule has 0 aliphatic heterocycles. The molecule has 0 aliphatic rings. The fourth-order valence-corrected chi connectivity index (χ4v) is 2.09. The molecule has 0 radical (unpaired) electrons. The molecule has 0 saturated heterocycles. The van der Waals surface area contributed by atoms with Crippen molar-refractivity contribution in [3.8, 4) is 0 Å². The van der Waals surface area contributed by atoms with E-state index < -0.39 is 37.7 Å². The third-order valence-corrected chi connectivity index (χ3v) is 3.26. The van der Waals surface area contributed by atoms with E-state index in [2.05, 4.69) is 4.42 Å². The highest BCUT2D eigenvalue weighted by atomic mass is 32.2. The van der Waals surface area contributed by atoms with Crippen LogP contribution in [0.25, 0.3) is 11.0 Å². The van der Waals surface area contributed by atoms with Gasteiger partial charge in [-0.3, -0.25) is 0 Å². The first-order valence-electron chi connectivity index (χ1n) is 4.77. The fraction of sp³-hybridized carbons (Fsp3) is 0.100. The molecule has 0 aliphatic carbocycles. The second-order valence-corrected chi connectivity index (χ2v) is 5.24. The van der Waals surface area contributed by atoms with Crippen LogP contribution < -0.4 is 10.8 Å². The maximum atomic E-state index is 12.8. The molecule has 1 heterocycles. The standard InChI is InChI=1S/C10H6F3NO4S/c11-10(12,13)7-4-9(15)18-8-2-1-5(3-6(7)8)19(14,16)17/h1-4H,(H2,14,16,17). The van der Waals surface area contributed by atoms with Crippen molar-refractivity contribution in [3.63, 3.8) is 0 Å². The lowest BCUT2D eigenvalue weighted by molar-refractivity contribution is -0.136. The predicted molar refractivity (Wildman–Crippen MR) is 58.9 cm³/mol. The lowest BCUT2D eigenvalue weighted by atomic mass is 10.1. The Morgan fingerprint density at radius 1 is 1.16 bits per heavy atom. The van der Waals surface area contributed by atoms with E-state index in [1.807, 2.05) is 0 Å². The molecule has 2 aromatic rings. The van der Waals surface area contributed by atoms with Crippen molar-refractivity contribution in [2.24, 2.45) is 5.14 Å². The number of halogens is 3. The van der Waals surface area contributed by atoms with Crippen molar-refractivity contribution < 1.29 is 26.0 Å². The van der Waals surface area contributed by atoms with E-state index >= 15 is 0 Å². The molecule has 0 bridgehead atoms. The van der Waals surface area contributed by atoms with Crippen molar-refractivity contribution in [2.75, 3.05) is 0 Å². The average Bonchev–Trinajstić information content (AvgIpc) is 2.24. The molecule has 0 unspecified atom stereocenters. The molecule has 5 nitrogen and oxygen atoms in total. The second-order valence-electron chi connectivity index (χ2n) is 3.68. The Bertz CT molecular complexity index is 808. The number of alkyl halides is 3. The van der Waals surface area contributed by atoms with E-state index in [0.29, 0.717) is 0 Å². The first-order chi connectivity index (χ1) is 8.59. The van der Waals surface area contributed by atoms with Gasteiger partial charge in [0.15, 0.2) is 0 Å². The number of fused-ring (bicyclic) bond motifs is 1. The number of sulfonamides is 1. The van der Waals surface area contributed by atoms with Crippen LogP contribution in [0.4, 0.5) is 13.2 Å². The first-order valence-corrected chi connectivity index (χ1v) is 6.31. The summed E-state index contributed by atoms with van der Waals surface area (Å²) in [5.41, 5.74) is -2.82. The van der Waals surface area contributed by atoms with E-state index in [0.717, 1.165) is 18.2 Å². The summed E-state index contributed by atoms with van der Waals surface area (Å²) in [6.45, 7) is 0. The van der Waals surface area contributed by atoms with Gasteiger partial charge in [-0.05, 0) is 18.2 Å². The Morgan fingerprint density at radius 2 is 1.79 bits per heavy atom. The van der Waals surface area contributed by atoms with Crippen LogP contribution in [0, 0.1) is 0 Å². The van der Waals surface area contributed by atoms with Crippen molar-refractivity contribution in [1.82, 2.24) is 0 Å². The summed E-state index contributed by atoms with van der Waals surface area (Å²) >= 11 is 0. The van der Waals surface area contributed by atoms with Gasteiger partial charge < -0.3 is 4.42 Å². The maximum Gasteiger partial charge on any atom is 0.417 e.